The number of nitrogens with zero attached hydrogens (tertiary/aromatic N) is 1. The number of hydrogen-bond acceptors (Lipinski definition) is 5. The molecule has 116 valence electrons. The van der Waals surface area contributed by atoms with Crippen molar-refractivity contribution in [3.63, 3.8) is 0 Å². The molecule has 2 N–H and O–H groups in total. The Hall–Kier alpha value is -3.33. The Morgan fingerprint density at radius 2 is 1.96 bits per heavy atom. The summed E-state index contributed by atoms with van der Waals surface area (Å²) in [7, 11) is 1.30. The van der Waals surface area contributed by atoms with E-state index >= 15 is 0 Å². The number of benzene rings is 2. The summed E-state index contributed by atoms with van der Waals surface area (Å²) in [5.41, 5.74) is 1.87. The van der Waals surface area contributed by atoms with Crippen LogP contribution in [0.2, 0.25) is 0 Å². The number of esters is 1. The molecule has 0 heterocycles. The van der Waals surface area contributed by atoms with E-state index < -0.39 is 5.97 Å². The van der Waals surface area contributed by atoms with Crippen LogP contribution in [0.1, 0.15) is 15.9 Å². The van der Waals surface area contributed by atoms with Crippen molar-refractivity contribution in [1.82, 2.24) is 0 Å². The highest BCUT2D eigenvalue weighted by atomic mass is 16.5. The number of para-hydroxylation sites is 1. The summed E-state index contributed by atoms with van der Waals surface area (Å²) in [5, 5.41) is 14.4. The van der Waals surface area contributed by atoms with Crippen LogP contribution >= 0.6 is 0 Å². The molecule has 0 saturated heterocycles. The van der Waals surface area contributed by atoms with Gasteiger partial charge in [0.1, 0.15) is 0 Å². The predicted molar refractivity (Wildman–Crippen MR) is 86.1 cm³/mol. The van der Waals surface area contributed by atoms with Gasteiger partial charge in [-0.05, 0) is 30.3 Å². The number of amides is 1. The number of hydrogen-bond donors (Lipinski definition) is 2. The first-order valence-corrected chi connectivity index (χ1v) is 6.85. The van der Waals surface area contributed by atoms with Crippen LogP contribution in [0.4, 0.5) is 11.4 Å². The summed E-state index contributed by atoms with van der Waals surface area (Å²) in [4.78, 5) is 23.6. The zero-order chi connectivity index (χ0) is 16.7. The van der Waals surface area contributed by atoms with E-state index in [1.165, 1.54) is 7.11 Å². The van der Waals surface area contributed by atoms with Gasteiger partial charge in [-0.1, -0.05) is 18.2 Å². The van der Waals surface area contributed by atoms with Crippen molar-refractivity contribution in [1.29, 1.82) is 5.26 Å². The van der Waals surface area contributed by atoms with E-state index in [1.807, 2.05) is 6.07 Å². The Kier molecular flexibility index (Phi) is 5.31. The smallest absolute Gasteiger partial charge is 0.339 e. The molecule has 2 aromatic carbocycles. The van der Waals surface area contributed by atoms with Crippen LogP contribution in [0, 0.1) is 11.3 Å². The average molecular weight is 309 g/mol. The summed E-state index contributed by atoms with van der Waals surface area (Å²) >= 11 is 0. The van der Waals surface area contributed by atoms with Gasteiger partial charge in [0, 0.05) is 11.4 Å². The average Bonchev–Trinajstić information content (AvgIpc) is 2.59. The number of anilines is 2. The maximum Gasteiger partial charge on any atom is 0.339 e. The molecule has 0 aromatic heterocycles. The van der Waals surface area contributed by atoms with Crippen molar-refractivity contribution in [2.75, 3.05) is 24.3 Å². The highest BCUT2D eigenvalue weighted by molar-refractivity contribution is 5.98. The fourth-order valence-corrected chi connectivity index (χ4v) is 1.97. The Morgan fingerprint density at radius 3 is 2.70 bits per heavy atom. The van der Waals surface area contributed by atoms with E-state index in [0.717, 1.165) is 0 Å². The summed E-state index contributed by atoms with van der Waals surface area (Å²) in [6.07, 6.45) is 0. The second-order valence-electron chi connectivity index (χ2n) is 4.63. The monoisotopic (exact) mass is 309 g/mol. The Labute approximate surface area is 133 Å². The highest BCUT2D eigenvalue weighted by Crippen LogP contribution is 2.16. The molecule has 0 atom stereocenters. The molecule has 0 radical (unpaired) electrons. The molecule has 0 fully saturated rings. The molecule has 23 heavy (non-hydrogen) atoms. The topological polar surface area (TPSA) is 91.2 Å². The molecule has 0 saturated carbocycles. The van der Waals surface area contributed by atoms with Gasteiger partial charge in [0.25, 0.3) is 0 Å². The Balaban J connectivity index is 2.00. The second-order valence-corrected chi connectivity index (χ2v) is 4.63. The molecule has 6 nitrogen and oxygen atoms in total. The van der Waals surface area contributed by atoms with Gasteiger partial charge in [-0.2, -0.15) is 5.26 Å². The van der Waals surface area contributed by atoms with Crippen LogP contribution in [0.5, 0.6) is 0 Å². The lowest BCUT2D eigenvalue weighted by atomic mass is 10.2. The predicted octanol–water partition coefficient (Wildman–Crippen LogP) is 2.40. The van der Waals surface area contributed by atoms with E-state index in [2.05, 4.69) is 10.6 Å². The van der Waals surface area contributed by atoms with E-state index in [-0.39, 0.29) is 12.5 Å². The number of carbonyl (C=O) groups is 2. The van der Waals surface area contributed by atoms with E-state index in [1.54, 1.807) is 48.5 Å². The standard InChI is InChI=1S/C17H15N3O3/c1-23-17(22)14-7-2-3-8-15(14)19-11-16(21)20-13-6-4-5-12(9-13)10-18/h2-9,19H,11H2,1H3,(H,20,21). The number of rotatable bonds is 5. The minimum Gasteiger partial charge on any atom is -0.465 e. The first-order chi connectivity index (χ1) is 11.1. The zero-order valence-corrected chi connectivity index (χ0v) is 12.5. The summed E-state index contributed by atoms with van der Waals surface area (Å²) in [6, 6.07) is 15.4. The molecule has 0 aliphatic carbocycles. The van der Waals surface area contributed by atoms with Crippen molar-refractivity contribution in [3.05, 3.63) is 59.7 Å². The van der Waals surface area contributed by atoms with Crippen molar-refractivity contribution in [3.8, 4) is 6.07 Å². The molecule has 0 aliphatic heterocycles. The van der Waals surface area contributed by atoms with E-state index in [0.29, 0.717) is 22.5 Å². The fraction of sp³-hybridized carbons (Fsp3) is 0.118. The van der Waals surface area contributed by atoms with Crippen molar-refractivity contribution in [2.45, 2.75) is 0 Å². The maximum atomic E-state index is 12.0. The van der Waals surface area contributed by atoms with Crippen molar-refractivity contribution in [2.24, 2.45) is 0 Å². The number of carbonyl (C=O) groups excluding carboxylic acids is 2. The van der Waals surface area contributed by atoms with Gasteiger partial charge in [-0.25, -0.2) is 4.79 Å². The molecule has 0 aliphatic rings. The molecule has 6 heteroatoms. The third kappa shape index (κ3) is 4.32. The van der Waals surface area contributed by atoms with Gasteiger partial charge in [-0.15, -0.1) is 0 Å². The zero-order valence-electron chi connectivity index (χ0n) is 12.5. The molecule has 0 spiro atoms. The van der Waals surface area contributed by atoms with Crippen LogP contribution in [0.25, 0.3) is 0 Å². The van der Waals surface area contributed by atoms with Crippen LogP contribution in [0.15, 0.2) is 48.5 Å². The van der Waals surface area contributed by atoms with Gasteiger partial charge >= 0.3 is 5.97 Å². The molecular weight excluding hydrogens is 294 g/mol. The number of nitrogens with one attached hydrogen (secondary N) is 2. The first-order valence-electron chi connectivity index (χ1n) is 6.85. The molecular formula is C17H15N3O3. The lowest BCUT2D eigenvalue weighted by Gasteiger charge is -2.11. The quantitative estimate of drug-likeness (QED) is 0.828. The minimum atomic E-state index is -0.477. The molecule has 1 amide bonds. The SMILES string of the molecule is COC(=O)c1ccccc1NCC(=O)Nc1cccc(C#N)c1. The summed E-state index contributed by atoms with van der Waals surface area (Å²) < 4.78 is 4.69. The van der Waals surface area contributed by atoms with Gasteiger partial charge in [0.15, 0.2) is 0 Å². The molecule has 2 aromatic rings. The molecule has 0 bridgehead atoms. The lowest BCUT2D eigenvalue weighted by molar-refractivity contribution is -0.114. The fourth-order valence-electron chi connectivity index (χ4n) is 1.97. The van der Waals surface area contributed by atoms with Crippen LogP contribution in [-0.4, -0.2) is 25.5 Å². The van der Waals surface area contributed by atoms with E-state index in [4.69, 9.17) is 10.00 Å². The van der Waals surface area contributed by atoms with Gasteiger partial charge in [0.2, 0.25) is 5.91 Å². The van der Waals surface area contributed by atoms with Crippen LogP contribution in [0.3, 0.4) is 0 Å². The van der Waals surface area contributed by atoms with Gasteiger partial charge in [0.05, 0.1) is 30.9 Å². The Morgan fingerprint density at radius 1 is 1.17 bits per heavy atom. The summed E-state index contributed by atoms with van der Waals surface area (Å²) in [6.45, 7) is -0.0230. The second kappa shape index (κ2) is 7.61. The van der Waals surface area contributed by atoms with Gasteiger partial charge in [-0.3, -0.25) is 4.79 Å². The molecule has 2 rings (SSSR count). The first kappa shape index (κ1) is 16.0. The largest absolute Gasteiger partial charge is 0.465 e. The minimum absolute atomic E-state index is 0.0230. The third-order valence-electron chi connectivity index (χ3n) is 3.05. The van der Waals surface area contributed by atoms with E-state index in [9.17, 15) is 9.59 Å². The lowest BCUT2D eigenvalue weighted by Crippen LogP contribution is -2.22. The normalized spacial score (nSPS) is 9.57. The number of ether oxygens (including phenoxy) is 1. The van der Waals surface area contributed by atoms with Crippen molar-refractivity contribution >= 4 is 23.3 Å². The Bertz CT molecular complexity index is 766. The van der Waals surface area contributed by atoms with Crippen molar-refractivity contribution < 1.29 is 14.3 Å². The molecule has 0 unspecified atom stereocenters. The number of methoxy groups -OCH3 is 1. The van der Waals surface area contributed by atoms with Crippen LogP contribution in [-0.2, 0) is 9.53 Å². The van der Waals surface area contributed by atoms with Crippen LogP contribution < -0.4 is 10.6 Å². The summed E-state index contributed by atoms with van der Waals surface area (Å²) in [5.74, 6) is -0.769. The van der Waals surface area contributed by atoms with Gasteiger partial charge < -0.3 is 15.4 Å². The highest BCUT2D eigenvalue weighted by Gasteiger charge is 2.11. The third-order valence-corrected chi connectivity index (χ3v) is 3.05. The number of nitriles is 1. The maximum absolute atomic E-state index is 12.0.